The SMILES string of the molecule is COc1cccc(C(=O)N2CCN(c3nc(C(F)(F)F)ns3)CC2)c1. The van der Waals surface area contributed by atoms with Crippen molar-refractivity contribution in [2.24, 2.45) is 0 Å². The molecule has 1 aliphatic rings. The summed E-state index contributed by atoms with van der Waals surface area (Å²) in [7, 11) is 1.53. The number of carbonyl (C=O) groups is 1. The lowest BCUT2D eigenvalue weighted by Crippen LogP contribution is -2.48. The zero-order valence-electron chi connectivity index (χ0n) is 13.3. The molecule has 6 nitrogen and oxygen atoms in total. The quantitative estimate of drug-likeness (QED) is 0.829. The molecule has 0 spiro atoms. The Morgan fingerprint density at radius 1 is 1.24 bits per heavy atom. The van der Waals surface area contributed by atoms with Gasteiger partial charge in [0.1, 0.15) is 5.75 Å². The number of anilines is 1. The van der Waals surface area contributed by atoms with E-state index in [-0.39, 0.29) is 11.0 Å². The predicted molar refractivity (Wildman–Crippen MR) is 86.0 cm³/mol. The van der Waals surface area contributed by atoms with Crippen LogP contribution in [0.2, 0.25) is 0 Å². The Kier molecular flexibility index (Phi) is 4.80. The lowest BCUT2D eigenvalue weighted by molar-refractivity contribution is -0.144. The van der Waals surface area contributed by atoms with E-state index >= 15 is 0 Å². The minimum absolute atomic E-state index is 0.133. The van der Waals surface area contributed by atoms with Gasteiger partial charge in [0, 0.05) is 43.3 Å². The Labute approximate surface area is 146 Å². The number of aromatic nitrogens is 2. The number of hydrogen-bond acceptors (Lipinski definition) is 6. The van der Waals surface area contributed by atoms with Crippen LogP contribution in [0.4, 0.5) is 18.3 Å². The second kappa shape index (κ2) is 6.87. The molecule has 1 aliphatic heterocycles. The number of nitrogens with zero attached hydrogens (tertiary/aromatic N) is 4. The number of piperazine rings is 1. The monoisotopic (exact) mass is 372 g/mol. The molecule has 1 saturated heterocycles. The molecule has 0 unspecified atom stereocenters. The van der Waals surface area contributed by atoms with Crippen LogP contribution in [0.25, 0.3) is 0 Å². The standard InChI is InChI=1S/C15H15F3N4O2S/c1-24-11-4-2-3-10(9-11)12(23)21-5-7-22(8-6-21)14-19-13(20-25-14)15(16,17)18/h2-4,9H,5-8H2,1H3. The van der Waals surface area contributed by atoms with Crippen LogP contribution in [0.15, 0.2) is 24.3 Å². The maximum absolute atomic E-state index is 12.6. The molecule has 1 aromatic heterocycles. The first-order valence-electron chi connectivity index (χ1n) is 7.47. The molecule has 25 heavy (non-hydrogen) atoms. The van der Waals surface area contributed by atoms with Gasteiger partial charge in [-0.2, -0.15) is 22.5 Å². The molecule has 0 aliphatic carbocycles. The van der Waals surface area contributed by atoms with Crippen LogP contribution in [0.3, 0.4) is 0 Å². The fourth-order valence-electron chi connectivity index (χ4n) is 2.50. The van der Waals surface area contributed by atoms with E-state index in [0.717, 1.165) is 11.5 Å². The van der Waals surface area contributed by atoms with E-state index in [1.165, 1.54) is 7.11 Å². The summed E-state index contributed by atoms with van der Waals surface area (Å²) in [6, 6.07) is 6.86. The second-order valence-corrected chi connectivity index (χ2v) is 6.14. The lowest BCUT2D eigenvalue weighted by atomic mass is 10.1. The average Bonchev–Trinajstić information content (AvgIpc) is 3.12. The summed E-state index contributed by atoms with van der Waals surface area (Å²) in [5, 5.41) is 0.223. The molecular formula is C15H15F3N4O2S. The summed E-state index contributed by atoms with van der Waals surface area (Å²) < 4.78 is 46.2. The number of benzene rings is 1. The van der Waals surface area contributed by atoms with Crippen LogP contribution in [0, 0.1) is 0 Å². The van der Waals surface area contributed by atoms with Gasteiger partial charge < -0.3 is 14.5 Å². The topological polar surface area (TPSA) is 58.6 Å². The first-order chi connectivity index (χ1) is 11.9. The van der Waals surface area contributed by atoms with E-state index in [0.29, 0.717) is 37.5 Å². The zero-order valence-corrected chi connectivity index (χ0v) is 14.1. The molecule has 0 atom stereocenters. The van der Waals surface area contributed by atoms with Crippen molar-refractivity contribution in [2.75, 3.05) is 38.2 Å². The van der Waals surface area contributed by atoms with E-state index in [9.17, 15) is 18.0 Å². The van der Waals surface area contributed by atoms with Gasteiger partial charge >= 0.3 is 6.18 Å². The number of carbonyl (C=O) groups excluding carboxylic acids is 1. The zero-order chi connectivity index (χ0) is 18.0. The van der Waals surface area contributed by atoms with E-state index in [1.54, 1.807) is 34.1 Å². The molecule has 0 N–H and O–H groups in total. The third-order valence-electron chi connectivity index (χ3n) is 3.82. The van der Waals surface area contributed by atoms with Crippen molar-refractivity contribution in [2.45, 2.75) is 6.18 Å². The Morgan fingerprint density at radius 3 is 2.56 bits per heavy atom. The van der Waals surface area contributed by atoms with Crippen molar-refractivity contribution in [3.63, 3.8) is 0 Å². The average molecular weight is 372 g/mol. The van der Waals surface area contributed by atoms with Gasteiger partial charge in [0.25, 0.3) is 5.91 Å². The molecule has 1 fully saturated rings. The highest BCUT2D eigenvalue weighted by Crippen LogP contribution is 2.30. The number of rotatable bonds is 3. The predicted octanol–water partition coefficient (Wildman–Crippen LogP) is 2.53. The number of halogens is 3. The second-order valence-electron chi connectivity index (χ2n) is 5.41. The molecule has 3 rings (SSSR count). The molecule has 0 saturated carbocycles. The Balaban J connectivity index is 1.63. The fourth-order valence-corrected chi connectivity index (χ4v) is 3.24. The van der Waals surface area contributed by atoms with Crippen molar-refractivity contribution in [3.05, 3.63) is 35.7 Å². The minimum Gasteiger partial charge on any atom is -0.497 e. The van der Waals surface area contributed by atoms with Gasteiger partial charge in [0.05, 0.1) is 7.11 Å². The number of ether oxygens (including phenoxy) is 1. The maximum Gasteiger partial charge on any atom is 0.452 e. The van der Waals surface area contributed by atoms with Crippen LogP contribution in [0.1, 0.15) is 16.2 Å². The van der Waals surface area contributed by atoms with Crippen molar-refractivity contribution in [1.29, 1.82) is 0 Å². The molecule has 10 heteroatoms. The van der Waals surface area contributed by atoms with Crippen LogP contribution < -0.4 is 9.64 Å². The van der Waals surface area contributed by atoms with Gasteiger partial charge in [0.15, 0.2) is 0 Å². The summed E-state index contributed by atoms with van der Waals surface area (Å²) in [4.78, 5) is 19.4. The van der Waals surface area contributed by atoms with Gasteiger partial charge in [-0.1, -0.05) is 6.07 Å². The smallest absolute Gasteiger partial charge is 0.452 e. The highest BCUT2D eigenvalue weighted by atomic mass is 32.1. The van der Waals surface area contributed by atoms with Crippen LogP contribution in [-0.4, -0.2) is 53.5 Å². The first-order valence-corrected chi connectivity index (χ1v) is 8.25. The normalized spacial score (nSPS) is 15.4. The van der Waals surface area contributed by atoms with Crippen molar-refractivity contribution < 1.29 is 22.7 Å². The highest BCUT2D eigenvalue weighted by Gasteiger charge is 2.37. The van der Waals surface area contributed by atoms with Crippen LogP contribution in [-0.2, 0) is 6.18 Å². The third kappa shape index (κ3) is 3.84. The van der Waals surface area contributed by atoms with E-state index in [2.05, 4.69) is 9.36 Å². The van der Waals surface area contributed by atoms with Crippen molar-refractivity contribution in [1.82, 2.24) is 14.3 Å². The summed E-state index contributed by atoms with van der Waals surface area (Å²) in [6.07, 6.45) is -4.54. The molecule has 1 aromatic carbocycles. The fraction of sp³-hybridized carbons (Fsp3) is 0.400. The minimum atomic E-state index is -4.54. The van der Waals surface area contributed by atoms with Gasteiger partial charge in [-0.15, -0.1) is 0 Å². The summed E-state index contributed by atoms with van der Waals surface area (Å²) in [5.74, 6) is -0.660. The molecule has 2 aromatic rings. The molecule has 1 amide bonds. The van der Waals surface area contributed by atoms with E-state index in [4.69, 9.17) is 4.74 Å². The molecule has 2 heterocycles. The molecule has 0 radical (unpaired) electrons. The number of hydrogen-bond donors (Lipinski definition) is 0. The third-order valence-corrected chi connectivity index (χ3v) is 4.60. The summed E-state index contributed by atoms with van der Waals surface area (Å²) in [6.45, 7) is 1.61. The lowest BCUT2D eigenvalue weighted by Gasteiger charge is -2.34. The number of amides is 1. The highest BCUT2D eigenvalue weighted by molar-refractivity contribution is 7.09. The maximum atomic E-state index is 12.6. The Hall–Kier alpha value is -2.36. The number of alkyl halides is 3. The van der Waals surface area contributed by atoms with E-state index in [1.807, 2.05) is 0 Å². The largest absolute Gasteiger partial charge is 0.497 e. The molecular weight excluding hydrogens is 357 g/mol. The molecule has 134 valence electrons. The Morgan fingerprint density at radius 2 is 1.96 bits per heavy atom. The number of methoxy groups -OCH3 is 1. The van der Waals surface area contributed by atoms with Gasteiger partial charge in [-0.25, -0.2) is 0 Å². The van der Waals surface area contributed by atoms with Crippen LogP contribution >= 0.6 is 11.5 Å². The summed E-state index contributed by atoms with van der Waals surface area (Å²) >= 11 is 0.719. The van der Waals surface area contributed by atoms with Crippen molar-refractivity contribution in [3.8, 4) is 5.75 Å². The Bertz CT molecular complexity index is 757. The van der Waals surface area contributed by atoms with Crippen molar-refractivity contribution >= 4 is 22.6 Å². The summed E-state index contributed by atoms with van der Waals surface area (Å²) in [5.41, 5.74) is 0.517. The molecule has 0 bridgehead atoms. The van der Waals surface area contributed by atoms with Gasteiger partial charge in [-0.3, -0.25) is 4.79 Å². The van der Waals surface area contributed by atoms with Crippen LogP contribution in [0.5, 0.6) is 5.75 Å². The van der Waals surface area contributed by atoms with Gasteiger partial charge in [-0.05, 0) is 18.2 Å². The van der Waals surface area contributed by atoms with Gasteiger partial charge in [0.2, 0.25) is 11.0 Å². The first kappa shape index (κ1) is 17.5. The van der Waals surface area contributed by atoms with E-state index < -0.39 is 12.0 Å².